The van der Waals surface area contributed by atoms with Crippen molar-refractivity contribution in [3.63, 3.8) is 0 Å². The minimum Gasteiger partial charge on any atom is -0.481 e. The van der Waals surface area contributed by atoms with Gasteiger partial charge in [-0.1, -0.05) is 12.5 Å². The first-order valence-electron chi connectivity index (χ1n) is 8.03. The lowest BCUT2D eigenvalue weighted by Crippen LogP contribution is -2.39. The molecule has 3 rings (SSSR count). The van der Waals surface area contributed by atoms with Gasteiger partial charge < -0.3 is 21.1 Å². The van der Waals surface area contributed by atoms with Gasteiger partial charge in [-0.2, -0.15) is 0 Å². The van der Waals surface area contributed by atoms with E-state index >= 15 is 0 Å². The van der Waals surface area contributed by atoms with E-state index in [2.05, 4.69) is 5.32 Å². The summed E-state index contributed by atoms with van der Waals surface area (Å²) in [5.74, 6) is -0.911. The lowest BCUT2D eigenvalue weighted by atomic mass is 9.81. The second-order valence-corrected chi connectivity index (χ2v) is 7.58. The first kappa shape index (κ1) is 16.8. The highest BCUT2D eigenvalue weighted by Gasteiger charge is 2.55. The lowest BCUT2D eigenvalue weighted by molar-refractivity contribution is -0.149. The summed E-state index contributed by atoms with van der Waals surface area (Å²) in [7, 11) is 0. The fraction of sp³-hybridized carbons (Fsp3) is 0.562. The molecule has 0 radical (unpaired) electrons. The highest BCUT2D eigenvalue weighted by molar-refractivity contribution is 7.10. The molecule has 7 nitrogen and oxygen atoms in total. The Labute approximate surface area is 143 Å². The number of primary amides is 1. The van der Waals surface area contributed by atoms with Crippen molar-refractivity contribution in [2.75, 3.05) is 13.1 Å². The minimum absolute atomic E-state index is 0.0308. The van der Waals surface area contributed by atoms with Gasteiger partial charge in [0.1, 0.15) is 0 Å². The van der Waals surface area contributed by atoms with Crippen molar-refractivity contribution >= 4 is 29.2 Å². The SMILES string of the molecule is NC(=O)NC(CC(=O)N1C[C@@H]2CCC[C@@]2(C(=O)O)C1)c1cccs1. The number of carboxylic acid groups (broad SMARTS) is 1. The van der Waals surface area contributed by atoms with E-state index in [-0.39, 0.29) is 24.8 Å². The highest BCUT2D eigenvalue weighted by atomic mass is 32.1. The summed E-state index contributed by atoms with van der Waals surface area (Å²) in [6, 6.07) is 2.54. The number of likely N-dealkylation sites (tertiary alicyclic amines) is 1. The molecule has 8 heteroatoms. The quantitative estimate of drug-likeness (QED) is 0.747. The van der Waals surface area contributed by atoms with E-state index in [1.165, 1.54) is 11.3 Å². The Morgan fingerprint density at radius 2 is 2.29 bits per heavy atom. The van der Waals surface area contributed by atoms with E-state index in [0.29, 0.717) is 13.0 Å². The number of nitrogens with zero attached hydrogens (tertiary/aromatic N) is 1. The fourth-order valence-electron chi connectivity index (χ4n) is 4.02. The average molecular weight is 351 g/mol. The Bertz CT molecular complexity index is 648. The van der Waals surface area contributed by atoms with Crippen LogP contribution in [0.5, 0.6) is 0 Å². The molecule has 2 fully saturated rings. The number of amides is 3. The maximum absolute atomic E-state index is 12.7. The Balaban J connectivity index is 1.70. The van der Waals surface area contributed by atoms with Gasteiger partial charge in [0, 0.05) is 18.0 Å². The Kier molecular flexibility index (Phi) is 4.49. The van der Waals surface area contributed by atoms with Crippen LogP contribution in [0.3, 0.4) is 0 Å². The third kappa shape index (κ3) is 2.98. The highest BCUT2D eigenvalue weighted by Crippen LogP contribution is 2.49. The van der Waals surface area contributed by atoms with Gasteiger partial charge in [0.25, 0.3) is 0 Å². The number of nitrogens with one attached hydrogen (secondary N) is 1. The Hall–Kier alpha value is -2.09. The molecule has 3 atom stereocenters. The van der Waals surface area contributed by atoms with Gasteiger partial charge in [-0.05, 0) is 30.2 Å². The number of nitrogens with two attached hydrogens (primary N) is 1. The van der Waals surface area contributed by atoms with E-state index in [1.54, 1.807) is 4.90 Å². The largest absolute Gasteiger partial charge is 0.481 e. The van der Waals surface area contributed by atoms with Crippen LogP contribution in [0.2, 0.25) is 0 Å². The van der Waals surface area contributed by atoms with Gasteiger partial charge >= 0.3 is 12.0 Å². The molecular weight excluding hydrogens is 330 g/mol. The molecule has 1 aliphatic carbocycles. The van der Waals surface area contributed by atoms with Crippen LogP contribution >= 0.6 is 11.3 Å². The molecule has 1 saturated heterocycles. The number of thiophene rings is 1. The standard InChI is InChI=1S/C16H21N3O4S/c17-15(23)18-11(12-4-2-6-24-12)7-13(20)19-8-10-3-1-5-16(10,9-19)14(21)22/h2,4,6,10-11H,1,3,5,7-9H2,(H,21,22)(H3,17,18,23)/t10-,11?,16+/m0/s1. The van der Waals surface area contributed by atoms with Gasteiger partial charge in [-0.15, -0.1) is 11.3 Å². The Morgan fingerprint density at radius 3 is 2.88 bits per heavy atom. The molecule has 24 heavy (non-hydrogen) atoms. The summed E-state index contributed by atoms with van der Waals surface area (Å²) >= 11 is 1.44. The maximum Gasteiger partial charge on any atom is 0.312 e. The van der Waals surface area contributed by atoms with Crippen LogP contribution in [-0.2, 0) is 9.59 Å². The molecule has 0 aromatic carbocycles. The molecule has 2 heterocycles. The van der Waals surface area contributed by atoms with Gasteiger partial charge in [0.15, 0.2) is 0 Å². The van der Waals surface area contributed by atoms with Crippen LogP contribution in [0.4, 0.5) is 4.79 Å². The molecule has 1 saturated carbocycles. The number of carbonyl (C=O) groups excluding carboxylic acids is 2. The van der Waals surface area contributed by atoms with Crippen molar-refractivity contribution in [3.05, 3.63) is 22.4 Å². The molecule has 3 amide bonds. The zero-order chi connectivity index (χ0) is 17.3. The number of urea groups is 1. The van der Waals surface area contributed by atoms with Crippen molar-refractivity contribution in [3.8, 4) is 0 Å². The summed E-state index contributed by atoms with van der Waals surface area (Å²) in [5, 5.41) is 14.1. The molecule has 2 aliphatic rings. The molecule has 0 spiro atoms. The number of aliphatic carboxylic acids is 1. The third-order valence-corrected chi connectivity index (χ3v) is 6.22. The van der Waals surface area contributed by atoms with Crippen LogP contribution in [0.25, 0.3) is 0 Å². The maximum atomic E-state index is 12.7. The summed E-state index contributed by atoms with van der Waals surface area (Å²) in [6.07, 6.45) is 2.47. The number of fused-ring (bicyclic) bond motifs is 1. The average Bonchev–Trinajstić information content (AvgIpc) is 3.21. The molecule has 130 valence electrons. The van der Waals surface area contributed by atoms with Gasteiger partial charge in [0.2, 0.25) is 5.91 Å². The number of hydrogen-bond acceptors (Lipinski definition) is 4. The molecule has 4 N–H and O–H groups in total. The zero-order valence-corrected chi connectivity index (χ0v) is 14.1. The van der Waals surface area contributed by atoms with Crippen molar-refractivity contribution in [2.45, 2.75) is 31.7 Å². The van der Waals surface area contributed by atoms with E-state index in [0.717, 1.165) is 17.7 Å². The molecule has 1 aliphatic heterocycles. The van der Waals surface area contributed by atoms with Crippen LogP contribution < -0.4 is 11.1 Å². The first-order chi connectivity index (χ1) is 11.4. The summed E-state index contributed by atoms with van der Waals surface area (Å²) in [6.45, 7) is 0.748. The second-order valence-electron chi connectivity index (χ2n) is 6.61. The third-order valence-electron chi connectivity index (χ3n) is 5.23. The summed E-state index contributed by atoms with van der Waals surface area (Å²) in [4.78, 5) is 38.1. The van der Waals surface area contributed by atoms with E-state index in [1.807, 2.05) is 17.5 Å². The number of carboxylic acids is 1. The molecule has 1 aromatic rings. The van der Waals surface area contributed by atoms with Crippen molar-refractivity contribution < 1.29 is 19.5 Å². The number of rotatable bonds is 5. The van der Waals surface area contributed by atoms with E-state index in [9.17, 15) is 19.5 Å². The van der Waals surface area contributed by atoms with E-state index in [4.69, 9.17) is 5.73 Å². The van der Waals surface area contributed by atoms with Crippen LogP contribution in [0.1, 0.15) is 36.6 Å². The van der Waals surface area contributed by atoms with Gasteiger partial charge in [0.05, 0.1) is 17.9 Å². The molecule has 1 unspecified atom stereocenters. The van der Waals surface area contributed by atoms with E-state index < -0.39 is 23.5 Å². The van der Waals surface area contributed by atoms with Crippen LogP contribution in [-0.4, -0.2) is 41.0 Å². The Morgan fingerprint density at radius 1 is 1.50 bits per heavy atom. The topological polar surface area (TPSA) is 113 Å². The predicted octanol–water partition coefficient (Wildman–Crippen LogP) is 1.56. The smallest absolute Gasteiger partial charge is 0.312 e. The minimum atomic E-state index is -0.801. The predicted molar refractivity (Wildman–Crippen MR) is 88.4 cm³/mol. The first-order valence-corrected chi connectivity index (χ1v) is 8.91. The number of carbonyl (C=O) groups is 3. The van der Waals surface area contributed by atoms with Gasteiger partial charge in [-0.3, -0.25) is 9.59 Å². The van der Waals surface area contributed by atoms with Crippen molar-refractivity contribution in [2.24, 2.45) is 17.1 Å². The van der Waals surface area contributed by atoms with Crippen LogP contribution in [0, 0.1) is 11.3 Å². The monoisotopic (exact) mass is 351 g/mol. The second kappa shape index (κ2) is 6.43. The van der Waals surface area contributed by atoms with Crippen molar-refractivity contribution in [1.29, 1.82) is 0 Å². The lowest BCUT2D eigenvalue weighted by Gasteiger charge is -2.24. The van der Waals surface area contributed by atoms with Crippen molar-refractivity contribution in [1.82, 2.24) is 10.2 Å². The zero-order valence-electron chi connectivity index (χ0n) is 13.2. The fourth-order valence-corrected chi connectivity index (χ4v) is 4.79. The molecule has 1 aromatic heterocycles. The summed E-state index contributed by atoms with van der Waals surface area (Å²) in [5.41, 5.74) is 4.43. The normalized spacial score (nSPS) is 26.8. The van der Waals surface area contributed by atoms with Crippen LogP contribution in [0.15, 0.2) is 17.5 Å². The molecule has 0 bridgehead atoms. The number of hydrogen-bond donors (Lipinski definition) is 3. The molecular formula is C16H21N3O4S. The van der Waals surface area contributed by atoms with Gasteiger partial charge in [-0.25, -0.2) is 4.79 Å². The summed E-state index contributed by atoms with van der Waals surface area (Å²) < 4.78 is 0.